The summed E-state index contributed by atoms with van der Waals surface area (Å²) >= 11 is 0. The molecule has 0 unspecified atom stereocenters. The van der Waals surface area contributed by atoms with E-state index in [0.29, 0.717) is 6.42 Å². The summed E-state index contributed by atoms with van der Waals surface area (Å²) in [5, 5.41) is 0. The fraction of sp³-hybridized carbons (Fsp3) is 0.833. The van der Waals surface area contributed by atoms with Gasteiger partial charge in [0.25, 0.3) is 0 Å². The maximum atomic E-state index is 12.1. The third kappa shape index (κ3) is 15.3. The van der Waals surface area contributed by atoms with Crippen LogP contribution in [0.3, 0.4) is 0 Å². The van der Waals surface area contributed by atoms with Crippen molar-refractivity contribution < 1.29 is 14.3 Å². The number of anilines is 3. The summed E-state index contributed by atoms with van der Waals surface area (Å²) in [6, 6.07) is 0. The Balaban J connectivity index is 2.01. The Labute approximate surface area is 200 Å². The monoisotopic (exact) mass is 466 g/mol. The summed E-state index contributed by atoms with van der Waals surface area (Å²) in [5.41, 5.74) is 11.2. The van der Waals surface area contributed by atoms with Gasteiger partial charge in [-0.1, -0.05) is 96.8 Å². The van der Waals surface area contributed by atoms with Crippen molar-refractivity contribution in [2.45, 2.75) is 110 Å². The predicted molar refractivity (Wildman–Crippen MR) is 134 cm³/mol. The molecule has 190 valence electrons. The molecule has 9 nitrogen and oxygen atoms in total. The first-order chi connectivity index (χ1) is 16.1. The van der Waals surface area contributed by atoms with Gasteiger partial charge in [0, 0.05) is 13.5 Å². The molecule has 0 aliphatic carbocycles. The maximum Gasteiger partial charge on any atom is 0.307 e. The van der Waals surface area contributed by atoms with E-state index in [4.69, 9.17) is 20.9 Å². The highest BCUT2D eigenvalue weighted by Gasteiger charge is 2.14. The van der Waals surface area contributed by atoms with E-state index in [2.05, 4.69) is 21.9 Å². The number of ether oxygens (including phenoxy) is 2. The zero-order chi connectivity index (χ0) is 24.2. The number of nitrogens with two attached hydrogens (primary N) is 2. The molecule has 1 rings (SSSR count). The predicted octanol–water partition coefficient (Wildman–Crippen LogP) is 5.21. The van der Waals surface area contributed by atoms with Crippen molar-refractivity contribution >= 4 is 23.8 Å². The summed E-state index contributed by atoms with van der Waals surface area (Å²) < 4.78 is 10.4. The molecule has 0 radical (unpaired) electrons. The van der Waals surface area contributed by atoms with Gasteiger partial charge in [0.1, 0.15) is 6.73 Å². The lowest BCUT2D eigenvalue weighted by atomic mass is 10.0. The van der Waals surface area contributed by atoms with Crippen LogP contribution < -0.4 is 16.4 Å². The van der Waals surface area contributed by atoms with Gasteiger partial charge in [-0.25, -0.2) is 0 Å². The van der Waals surface area contributed by atoms with Crippen LogP contribution in [0.15, 0.2) is 0 Å². The molecule has 0 aromatic carbocycles. The van der Waals surface area contributed by atoms with Crippen LogP contribution in [-0.4, -0.2) is 41.5 Å². The van der Waals surface area contributed by atoms with Gasteiger partial charge in [0.2, 0.25) is 17.8 Å². The van der Waals surface area contributed by atoms with E-state index < -0.39 is 0 Å². The number of rotatable bonds is 21. The third-order valence-electron chi connectivity index (χ3n) is 5.59. The molecule has 0 spiro atoms. The van der Waals surface area contributed by atoms with Crippen molar-refractivity contribution in [3.05, 3.63) is 0 Å². The van der Waals surface area contributed by atoms with Crippen LogP contribution in [0.25, 0.3) is 0 Å². The van der Waals surface area contributed by atoms with Gasteiger partial charge in [-0.3, -0.25) is 9.69 Å². The summed E-state index contributed by atoms with van der Waals surface area (Å²) in [7, 11) is 1.53. The smallest absolute Gasteiger partial charge is 0.307 e. The average Bonchev–Trinajstić information content (AvgIpc) is 2.78. The first kappa shape index (κ1) is 28.9. The van der Waals surface area contributed by atoms with E-state index >= 15 is 0 Å². The second kappa shape index (κ2) is 19.3. The Hall–Kier alpha value is -2.16. The SMILES string of the molecule is CCCCCCCCCCCCCCCCCC(=O)OCN(COC)c1nc(N)nc(N)n1. The van der Waals surface area contributed by atoms with Crippen molar-refractivity contribution in [3.63, 3.8) is 0 Å². The Morgan fingerprint density at radius 1 is 0.727 bits per heavy atom. The molecule has 0 aliphatic rings. The highest BCUT2D eigenvalue weighted by molar-refractivity contribution is 5.69. The van der Waals surface area contributed by atoms with E-state index in [1.165, 1.54) is 95.5 Å². The minimum absolute atomic E-state index is 0.00253. The highest BCUT2D eigenvalue weighted by atomic mass is 16.6. The van der Waals surface area contributed by atoms with Gasteiger partial charge >= 0.3 is 5.97 Å². The second-order valence-corrected chi connectivity index (χ2v) is 8.65. The molecule has 0 aliphatic heterocycles. The number of aromatic nitrogens is 3. The zero-order valence-corrected chi connectivity index (χ0v) is 20.9. The van der Waals surface area contributed by atoms with Gasteiger partial charge in [-0.2, -0.15) is 15.0 Å². The number of hydrogen-bond donors (Lipinski definition) is 2. The number of hydrogen-bond acceptors (Lipinski definition) is 9. The molecule has 0 atom stereocenters. The van der Waals surface area contributed by atoms with Gasteiger partial charge in [0.15, 0.2) is 6.73 Å². The number of unbranched alkanes of at least 4 members (excludes halogenated alkanes) is 14. The first-order valence-corrected chi connectivity index (χ1v) is 12.7. The van der Waals surface area contributed by atoms with Crippen LogP contribution in [0.1, 0.15) is 110 Å². The molecule has 1 heterocycles. The fourth-order valence-corrected chi connectivity index (χ4v) is 3.71. The molecular formula is C24H46N6O3. The molecular weight excluding hydrogens is 420 g/mol. The quantitative estimate of drug-likeness (QED) is 0.142. The summed E-state index contributed by atoms with van der Waals surface area (Å²) in [6.45, 7) is 2.37. The van der Waals surface area contributed by atoms with Gasteiger partial charge < -0.3 is 20.9 Å². The number of methoxy groups -OCH3 is 1. The molecule has 1 aromatic heterocycles. The molecule has 0 saturated heterocycles. The summed E-state index contributed by atoms with van der Waals surface area (Å²) in [6.07, 6.45) is 19.8. The normalized spacial score (nSPS) is 11.0. The average molecular weight is 467 g/mol. The second-order valence-electron chi connectivity index (χ2n) is 8.65. The molecule has 33 heavy (non-hydrogen) atoms. The standard InChI is InChI=1S/C24H46N6O3/c1-3-4-5-6-7-8-9-10-11-12-13-14-15-16-17-18-21(31)33-20-30(19-32-2)24-28-22(25)27-23(26)29-24/h3-20H2,1-2H3,(H4,25,26,27,28,29). The summed E-state index contributed by atoms with van der Waals surface area (Å²) in [5.74, 6) is -0.0344. The third-order valence-corrected chi connectivity index (χ3v) is 5.59. The number of carbonyl (C=O) groups excluding carboxylic acids is 1. The largest absolute Gasteiger partial charge is 0.444 e. The van der Waals surface area contributed by atoms with E-state index in [1.54, 1.807) is 0 Å². The van der Waals surface area contributed by atoms with Crippen LogP contribution >= 0.6 is 0 Å². The lowest BCUT2D eigenvalue weighted by molar-refractivity contribution is -0.144. The van der Waals surface area contributed by atoms with Crippen molar-refractivity contribution in [2.24, 2.45) is 0 Å². The Morgan fingerprint density at radius 2 is 1.18 bits per heavy atom. The number of carbonyl (C=O) groups is 1. The minimum Gasteiger partial charge on any atom is -0.444 e. The van der Waals surface area contributed by atoms with Crippen molar-refractivity contribution in [1.29, 1.82) is 0 Å². The number of nitrogen functional groups attached to an aromatic ring is 2. The molecule has 0 saturated carbocycles. The molecule has 0 fully saturated rings. The minimum atomic E-state index is -0.249. The zero-order valence-electron chi connectivity index (χ0n) is 20.9. The highest BCUT2D eigenvalue weighted by Crippen LogP contribution is 2.14. The Kier molecular flexibility index (Phi) is 16.9. The molecule has 4 N–H and O–H groups in total. The van der Waals surface area contributed by atoms with Crippen molar-refractivity contribution in [2.75, 3.05) is 36.9 Å². The first-order valence-electron chi connectivity index (χ1n) is 12.7. The maximum absolute atomic E-state index is 12.1. The van der Waals surface area contributed by atoms with E-state index in [1.807, 2.05) is 0 Å². The van der Waals surface area contributed by atoms with Crippen molar-refractivity contribution in [1.82, 2.24) is 15.0 Å². The topological polar surface area (TPSA) is 129 Å². The number of nitrogens with zero attached hydrogens (tertiary/aromatic N) is 4. The van der Waals surface area contributed by atoms with Crippen LogP contribution in [0.5, 0.6) is 0 Å². The molecule has 1 aromatic rings. The lowest BCUT2D eigenvalue weighted by Crippen LogP contribution is -2.32. The summed E-state index contributed by atoms with van der Waals surface area (Å²) in [4.78, 5) is 25.3. The Morgan fingerprint density at radius 3 is 1.64 bits per heavy atom. The van der Waals surface area contributed by atoms with Crippen LogP contribution in [0, 0.1) is 0 Å². The van der Waals surface area contributed by atoms with Crippen molar-refractivity contribution in [3.8, 4) is 0 Å². The number of esters is 1. The molecule has 0 amide bonds. The van der Waals surface area contributed by atoms with Crippen LogP contribution in [0.4, 0.5) is 17.8 Å². The van der Waals surface area contributed by atoms with Crippen LogP contribution in [0.2, 0.25) is 0 Å². The molecule has 0 bridgehead atoms. The van der Waals surface area contributed by atoms with E-state index in [9.17, 15) is 4.79 Å². The van der Waals surface area contributed by atoms with Gasteiger partial charge in [0.05, 0.1) is 0 Å². The van der Waals surface area contributed by atoms with E-state index in [-0.39, 0.29) is 37.3 Å². The fourth-order valence-electron chi connectivity index (χ4n) is 3.71. The van der Waals surface area contributed by atoms with Gasteiger partial charge in [-0.05, 0) is 6.42 Å². The van der Waals surface area contributed by atoms with Gasteiger partial charge in [-0.15, -0.1) is 0 Å². The van der Waals surface area contributed by atoms with E-state index in [0.717, 1.165) is 12.8 Å². The van der Waals surface area contributed by atoms with Crippen LogP contribution in [-0.2, 0) is 14.3 Å². The molecule has 9 heteroatoms. The Bertz CT molecular complexity index is 612. The lowest BCUT2D eigenvalue weighted by Gasteiger charge is -2.21.